The van der Waals surface area contributed by atoms with Crippen molar-refractivity contribution in [3.8, 4) is 0 Å². The number of amides is 1. The van der Waals surface area contributed by atoms with Gasteiger partial charge in [0.25, 0.3) is 5.91 Å². The van der Waals surface area contributed by atoms with Crippen molar-refractivity contribution in [2.75, 3.05) is 6.54 Å². The molecular formula is C6H11N3O. The van der Waals surface area contributed by atoms with E-state index >= 15 is 0 Å². The molecule has 0 saturated heterocycles. The molecule has 0 aromatic rings. The molecule has 56 valence electrons. The summed E-state index contributed by atoms with van der Waals surface area (Å²) in [6.45, 7) is 9.03. The van der Waals surface area contributed by atoms with Crippen molar-refractivity contribution in [2.24, 2.45) is 10.8 Å². The highest BCUT2D eigenvalue weighted by Crippen LogP contribution is 1.98. The van der Waals surface area contributed by atoms with Crippen LogP contribution in [0.1, 0.15) is 6.92 Å². The minimum atomic E-state index is -0.575. The fourth-order valence-electron chi connectivity index (χ4n) is 0.503. The average molecular weight is 141 g/mol. The lowest BCUT2D eigenvalue weighted by Gasteiger charge is -2.14. The van der Waals surface area contributed by atoms with Gasteiger partial charge in [-0.1, -0.05) is 6.58 Å². The Kier molecular flexibility index (Phi) is 3.17. The van der Waals surface area contributed by atoms with Gasteiger partial charge >= 0.3 is 0 Å². The lowest BCUT2D eigenvalue weighted by molar-refractivity contribution is -0.116. The van der Waals surface area contributed by atoms with Crippen LogP contribution in [0.4, 0.5) is 0 Å². The Morgan fingerprint density at radius 3 is 2.40 bits per heavy atom. The molecule has 0 atom stereocenters. The number of hydrazone groups is 1. The zero-order chi connectivity index (χ0) is 8.15. The van der Waals surface area contributed by atoms with Gasteiger partial charge in [-0.3, -0.25) is 9.80 Å². The van der Waals surface area contributed by atoms with E-state index in [0.29, 0.717) is 6.54 Å². The molecule has 2 N–H and O–H groups in total. The molecule has 4 heteroatoms. The lowest BCUT2D eigenvalue weighted by atomic mass is 10.4. The van der Waals surface area contributed by atoms with E-state index in [4.69, 9.17) is 5.73 Å². The summed E-state index contributed by atoms with van der Waals surface area (Å²) < 4.78 is 0. The second-order valence-electron chi connectivity index (χ2n) is 1.67. The van der Waals surface area contributed by atoms with Crippen molar-refractivity contribution >= 4 is 12.6 Å². The SMILES string of the molecule is C=NN(CC)C(=C)C(N)=O. The normalized spacial score (nSPS) is 8.50. The summed E-state index contributed by atoms with van der Waals surface area (Å²) in [5.74, 6) is -0.575. The Morgan fingerprint density at radius 2 is 2.30 bits per heavy atom. The third-order valence-electron chi connectivity index (χ3n) is 1.07. The van der Waals surface area contributed by atoms with Crippen molar-refractivity contribution in [2.45, 2.75) is 6.92 Å². The molecule has 4 nitrogen and oxygen atoms in total. The van der Waals surface area contributed by atoms with Crippen LogP contribution in [-0.2, 0) is 4.79 Å². The highest BCUT2D eigenvalue weighted by atomic mass is 16.1. The number of carbonyl (C=O) groups excluding carboxylic acids is 1. The van der Waals surface area contributed by atoms with E-state index < -0.39 is 5.91 Å². The number of rotatable bonds is 4. The van der Waals surface area contributed by atoms with Gasteiger partial charge < -0.3 is 5.73 Å². The number of primary amides is 1. The molecule has 0 radical (unpaired) electrons. The summed E-state index contributed by atoms with van der Waals surface area (Å²) in [5, 5.41) is 4.85. The van der Waals surface area contributed by atoms with Crippen LogP contribution in [0.3, 0.4) is 0 Å². The monoisotopic (exact) mass is 141 g/mol. The number of nitrogens with zero attached hydrogens (tertiary/aromatic N) is 2. The topological polar surface area (TPSA) is 58.7 Å². The molecule has 0 unspecified atom stereocenters. The summed E-state index contributed by atoms with van der Waals surface area (Å²) in [4.78, 5) is 10.5. The first-order valence-electron chi connectivity index (χ1n) is 2.86. The van der Waals surface area contributed by atoms with Crippen molar-refractivity contribution in [1.82, 2.24) is 5.01 Å². The first-order valence-corrected chi connectivity index (χ1v) is 2.86. The maximum absolute atomic E-state index is 10.5. The van der Waals surface area contributed by atoms with Crippen LogP contribution in [0.5, 0.6) is 0 Å². The van der Waals surface area contributed by atoms with Crippen molar-refractivity contribution < 1.29 is 4.79 Å². The van der Waals surface area contributed by atoms with Gasteiger partial charge in [0.05, 0.1) is 0 Å². The minimum absolute atomic E-state index is 0.164. The predicted octanol–water partition coefficient (Wildman–Crippen LogP) is -0.0771. The quantitative estimate of drug-likeness (QED) is 0.338. The smallest absolute Gasteiger partial charge is 0.266 e. The van der Waals surface area contributed by atoms with Gasteiger partial charge in [0.2, 0.25) is 0 Å². The van der Waals surface area contributed by atoms with Gasteiger partial charge in [-0.05, 0) is 6.92 Å². The number of likely N-dealkylation sites (N-methyl/N-ethyl adjacent to an activating group) is 1. The van der Waals surface area contributed by atoms with Gasteiger partial charge in [-0.2, -0.15) is 5.10 Å². The Bertz CT molecular complexity index is 164. The van der Waals surface area contributed by atoms with E-state index in [2.05, 4.69) is 18.4 Å². The van der Waals surface area contributed by atoms with Gasteiger partial charge in [0, 0.05) is 13.3 Å². The fourth-order valence-corrected chi connectivity index (χ4v) is 0.503. The van der Waals surface area contributed by atoms with E-state index in [0.717, 1.165) is 0 Å². The zero-order valence-electron chi connectivity index (χ0n) is 6.00. The second kappa shape index (κ2) is 3.66. The first-order chi connectivity index (χ1) is 4.63. The molecule has 0 rings (SSSR count). The van der Waals surface area contributed by atoms with Crippen LogP contribution >= 0.6 is 0 Å². The molecule has 0 aliphatic heterocycles. The fraction of sp³-hybridized carbons (Fsp3) is 0.333. The molecule has 0 aliphatic rings. The molecule has 0 aromatic heterocycles. The summed E-state index contributed by atoms with van der Waals surface area (Å²) in [6, 6.07) is 0. The molecule has 10 heavy (non-hydrogen) atoms. The standard InChI is InChI=1S/C6H11N3O/c1-4-9(8-3)5(2)6(7)10/h2-4H2,1H3,(H2,7,10). The molecule has 0 saturated carbocycles. The number of carbonyl (C=O) groups is 1. The molecular weight excluding hydrogens is 130 g/mol. The maximum atomic E-state index is 10.5. The largest absolute Gasteiger partial charge is 0.364 e. The summed E-state index contributed by atoms with van der Waals surface area (Å²) in [5.41, 5.74) is 5.08. The number of hydrogen-bond donors (Lipinski definition) is 1. The van der Waals surface area contributed by atoms with E-state index in [9.17, 15) is 4.79 Å². The van der Waals surface area contributed by atoms with Gasteiger partial charge in [0.15, 0.2) is 0 Å². The molecule has 0 aromatic carbocycles. The highest BCUT2D eigenvalue weighted by Gasteiger charge is 2.06. The second-order valence-corrected chi connectivity index (χ2v) is 1.67. The molecule has 0 spiro atoms. The van der Waals surface area contributed by atoms with Crippen molar-refractivity contribution in [3.63, 3.8) is 0 Å². The maximum Gasteiger partial charge on any atom is 0.266 e. The van der Waals surface area contributed by atoms with Crippen molar-refractivity contribution in [3.05, 3.63) is 12.3 Å². The Morgan fingerprint density at radius 1 is 1.80 bits per heavy atom. The lowest BCUT2D eigenvalue weighted by Crippen LogP contribution is -2.26. The van der Waals surface area contributed by atoms with Gasteiger partial charge in [0.1, 0.15) is 5.70 Å². The van der Waals surface area contributed by atoms with Gasteiger partial charge in [-0.25, -0.2) is 0 Å². The highest BCUT2D eigenvalue weighted by molar-refractivity contribution is 5.90. The van der Waals surface area contributed by atoms with E-state index in [1.54, 1.807) is 0 Å². The third kappa shape index (κ3) is 1.89. The van der Waals surface area contributed by atoms with Crippen LogP contribution in [0.25, 0.3) is 0 Å². The molecule has 0 heterocycles. The van der Waals surface area contributed by atoms with Crippen LogP contribution in [0.15, 0.2) is 17.4 Å². The van der Waals surface area contributed by atoms with Crippen molar-refractivity contribution in [1.29, 1.82) is 0 Å². The van der Waals surface area contributed by atoms with E-state index in [-0.39, 0.29) is 5.70 Å². The van der Waals surface area contributed by atoms with Crippen LogP contribution in [0.2, 0.25) is 0 Å². The van der Waals surface area contributed by atoms with Crippen LogP contribution < -0.4 is 5.73 Å². The number of nitrogens with two attached hydrogens (primary N) is 1. The summed E-state index contributed by atoms with van der Waals surface area (Å²) in [7, 11) is 0. The zero-order valence-corrected chi connectivity index (χ0v) is 6.00. The molecule has 1 amide bonds. The van der Waals surface area contributed by atoms with E-state index in [1.165, 1.54) is 5.01 Å². The Labute approximate surface area is 60.0 Å². The minimum Gasteiger partial charge on any atom is -0.364 e. The number of hydrogen-bond acceptors (Lipinski definition) is 3. The van der Waals surface area contributed by atoms with E-state index in [1.807, 2.05) is 6.92 Å². The predicted molar refractivity (Wildman–Crippen MR) is 40.3 cm³/mol. The Balaban J connectivity index is 4.15. The summed E-state index contributed by atoms with van der Waals surface area (Å²) >= 11 is 0. The molecule has 0 fully saturated rings. The molecule has 0 aliphatic carbocycles. The summed E-state index contributed by atoms with van der Waals surface area (Å²) in [6.07, 6.45) is 0. The first kappa shape index (κ1) is 8.68. The molecule has 0 bridgehead atoms. The Hall–Kier alpha value is -1.32. The average Bonchev–Trinajstić information content (AvgIpc) is 1.90. The van der Waals surface area contributed by atoms with Crippen LogP contribution in [-0.4, -0.2) is 24.2 Å². The van der Waals surface area contributed by atoms with Crippen LogP contribution in [0, 0.1) is 0 Å². The third-order valence-corrected chi connectivity index (χ3v) is 1.07. The van der Waals surface area contributed by atoms with Gasteiger partial charge in [-0.15, -0.1) is 0 Å².